The number of hydrogen-bond acceptors (Lipinski definition) is 15. The summed E-state index contributed by atoms with van der Waals surface area (Å²) >= 11 is 0. The second kappa shape index (κ2) is 47.7. The lowest BCUT2D eigenvalue weighted by Gasteiger charge is -2.24. The normalized spacial score (nSPS) is 15.6. The van der Waals surface area contributed by atoms with Crippen LogP contribution >= 0.6 is 0 Å². The summed E-state index contributed by atoms with van der Waals surface area (Å²) in [4.78, 5) is 32.4. The molecule has 18 heteroatoms. The molecule has 340 valence electrons. The quantitative estimate of drug-likeness (QED) is 0.0227. The number of amides is 3. The average molecular weight is 826 g/mol. The number of nitrogens with two attached hydrogens (primary N) is 4. The van der Waals surface area contributed by atoms with Crippen molar-refractivity contribution >= 4 is 18.2 Å². The molecule has 0 aromatic rings. The highest BCUT2D eigenvalue weighted by atomic mass is 16.6. The minimum atomic E-state index is -0.299. The molecule has 2 atom stereocenters. The van der Waals surface area contributed by atoms with Gasteiger partial charge < -0.3 is 71.2 Å². The number of rotatable bonds is 31. The van der Waals surface area contributed by atoms with Gasteiger partial charge in [0.15, 0.2) is 0 Å². The van der Waals surface area contributed by atoms with E-state index in [1.807, 2.05) is 13.8 Å². The summed E-state index contributed by atoms with van der Waals surface area (Å²) in [6.07, 6.45) is 7.59. The van der Waals surface area contributed by atoms with Gasteiger partial charge in [-0.1, -0.05) is 53.4 Å². The summed E-state index contributed by atoms with van der Waals surface area (Å²) in [5.74, 6) is 5.81. The molecule has 2 unspecified atom stereocenters. The number of hydrogen-bond donors (Lipinski definition) is 7. The highest BCUT2D eigenvalue weighted by Gasteiger charge is 2.20. The third-order valence-corrected chi connectivity index (χ3v) is 7.91. The Morgan fingerprint density at radius 2 is 1.23 bits per heavy atom. The van der Waals surface area contributed by atoms with Crippen LogP contribution in [-0.4, -0.2) is 143 Å². The summed E-state index contributed by atoms with van der Waals surface area (Å²) in [6, 6.07) is 0.158. The van der Waals surface area contributed by atoms with E-state index in [0.29, 0.717) is 123 Å². The fourth-order valence-electron chi connectivity index (χ4n) is 4.24. The van der Waals surface area contributed by atoms with Crippen molar-refractivity contribution in [3.8, 4) is 0 Å². The number of carbonyl (C=O) groups is 3. The molecule has 0 aromatic carbocycles. The molecule has 0 aliphatic heterocycles. The van der Waals surface area contributed by atoms with Crippen molar-refractivity contribution in [1.82, 2.24) is 16.1 Å². The van der Waals surface area contributed by atoms with Gasteiger partial charge in [0.25, 0.3) is 0 Å². The summed E-state index contributed by atoms with van der Waals surface area (Å²) in [5.41, 5.74) is 19.5. The van der Waals surface area contributed by atoms with Gasteiger partial charge in [-0.05, 0) is 39.0 Å². The number of ether oxygens (including phenoxy) is 8. The molecule has 0 saturated heterocycles. The van der Waals surface area contributed by atoms with Crippen molar-refractivity contribution in [3.63, 3.8) is 0 Å². The first kappa shape index (κ1) is 58.7. The monoisotopic (exact) mass is 826 g/mol. The van der Waals surface area contributed by atoms with E-state index in [9.17, 15) is 9.59 Å². The van der Waals surface area contributed by atoms with Gasteiger partial charge >= 0.3 is 0 Å². The lowest BCUT2D eigenvalue weighted by Crippen LogP contribution is -2.38. The largest absolute Gasteiger partial charge is 0.401 e. The van der Waals surface area contributed by atoms with Crippen molar-refractivity contribution in [3.05, 3.63) is 11.4 Å². The van der Waals surface area contributed by atoms with Gasteiger partial charge in [-0.25, -0.2) is 0 Å². The molecule has 0 heterocycles. The molecule has 0 fully saturated rings. The van der Waals surface area contributed by atoms with Crippen LogP contribution in [0.1, 0.15) is 92.9 Å². The zero-order valence-corrected chi connectivity index (χ0v) is 36.3. The van der Waals surface area contributed by atoms with Crippen LogP contribution in [0.25, 0.3) is 0 Å². The zero-order chi connectivity index (χ0) is 43.2. The molecule has 0 radical (unpaired) electrons. The summed E-state index contributed by atoms with van der Waals surface area (Å²) in [7, 11) is 0. The van der Waals surface area contributed by atoms with E-state index in [2.05, 4.69) is 49.5 Å². The third kappa shape index (κ3) is 44.3. The molecule has 3 amide bonds. The van der Waals surface area contributed by atoms with E-state index in [-0.39, 0.29) is 37.0 Å². The Hall–Kier alpha value is -2.65. The van der Waals surface area contributed by atoms with E-state index >= 15 is 0 Å². The highest BCUT2D eigenvalue weighted by molar-refractivity contribution is 5.77. The number of carbonyl (C=O) groups excluding carboxylic acids is 3. The lowest BCUT2D eigenvalue weighted by molar-refractivity contribution is -0.127. The zero-order valence-electron chi connectivity index (χ0n) is 36.3. The van der Waals surface area contributed by atoms with Crippen molar-refractivity contribution in [1.29, 1.82) is 0 Å². The first-order valence-electron chi connectivity index (χ1n) is 20.6. The molecule has 1 aliphatic carbocycles. The smallest absolute Gasteiger partial charge is 0.246 e. The Kier molecular flexibility index (Phi) is 49.1. The van der Waals surface area contributed by atoms with Gasteiger partial charge in [-0.2, -0.15) is 0 Å². The van der Waals surface area contributed by atoms with Crippen molar-refractivity contribution in [2.75, 3.05) is 112 Å². The highest BCUT2D eigenvalue weighted by Crippen LogP contribution is 2.21. The maximum absolute atomic E-state index is 12.1. The molecule has 11 N–H and O–H groups in total. The van der Waals surface area contributed by atoms with E-state index in [1.54, 1.807) is 0 Å². The molecule has 0 bridgehead atoms. The topological polar surface area (TPSA) is 265 Å². The second-order valence-corrected chi connectivity index (χ2v) is 13.0. The molecule has 1 aliphatic rings. The van der Waals surface area contributed by atoms with Crippen LogP contribution in [0.4, 0.5) is 0 Å². The Morgan fingerprint density at radius 1 is 0.737 bits per heavy atom. The standard InChI is InChI=1S/C26H51N5O7.C8H19NO3.C4H10.CH3NO/c1-20(2)21(3)30-24(32)9-11-34-13-15-36-17-18-37-16-14-35-12-10-29-25(33)19-38-23-8-6-4-5-7-22(27)26(23)31-28;1-2-10-5-6-12-8-7-11-4-3-9;1-3-4-2;2-1-3/h20-21,23,31H,4-19,27-28H2,1-3H3,(H,29,33)(H,30,32);2-9H2,1H3;3-4H2,1-2H3;1H,(H2,2,3)/b26-22-;;;. The van der Waals surface area contributed by atoms with E-state index in [4.69, 9.17) is 60.0 Å². The van der Waals surface area contributed by atoms with Gasteiger partial charge in [-0.15, -0.1) is 0 Å². The van der Waals surface area contributed by atoms with Crippen LogP contribution in [0.3, 0.4) is 0 Å². The Morgan fingerprint density at radius 3 is 1.70 bits per heavy atom. The third-order valence-electron chi connectivity index (χ3n) is 7.91. The van der Waals surface area contributed by atoms with Gasteiger partial charge in [-0.3, -0.25) is 20.2 Å². The molecule has 18 nitrogen and oxygen atoms in total. The number of primary amides is 1. The van der Waals surface area contributed by atoms with Crippen molar-refractivity contribution in [2.45, 2.75) is 105 Å². The van der Waals surface area contributed by atoms with Gasteiger partial charge in [0.2, 0.25) is 18.2 Å². The first-order valence-corrected chi connectivity index (χ1v) is 20.6. The van der Waals surface area contributed by atoms with Crippen LogP contribution in [0.5, 0.6) is 0 Å². The minimum absolute atomic E-state index is 0.00211. The minimum Gasteiger partial charge on any atom is -0.401 e. The maximum Gasteiger partial charge on any atom is 0.246 e. The molecule has 0 saturated carbocycles. The number of allylic oxidation sites excluding steroid dienone is 1. The predicted octanol–water partition coefficient (Wildman–Crippen LogP) is 1.63. The van der Waals surface area contributed by atoms with Crippen LogP contribution in [0, 0.1) is 5.92 Å². The molecule has 57 heavy (non-hydrogen) atoms. The maximum atomic E-state index is 12.1. The Balaban J connectivity index is -0.00000126. The van der Waals surface area contributed by atoms with E-state index in [0.717, 1.165) is 38.7 Å². The van der Waals surface area contributed by atoms with Gasteiger partial charge in [0.1, 0.15) is 12.7 Å². The molecular weight excluding hydrogens is 742 g/mol. The van der Waals surface area contributed by atoms with Crippen LogP contribution in [0.15, 0.2) is 11.4 Å². The molecular formula is C39H83N7O11. The van der Waals surface area contributed by atoms with Crippen LogP contribution in [-0.2, 0) is 52.3 Å². The number of nitrogens with one attached hydrogen (secondary N) is 3. The van der Waals surface area contributed by atoms with Crippen molar-refractivity contribution in [2.24, 2.45) is 29.0 Å². The van der Waals surface area contributed by atoms with Crippen LogP contribution in [0.2, 0.25) is 0 Å². The van der Waals surface area contributed by atoms with Gasteiger partial charge in [0, 0.05) is 37.9 Å². The van der Waals surface area contributed by atoms with Gasteiger partial charge in [0.05, 0.1) is 91.6 Å². The summed E-state index contributed by atoms with van der Waals surface area (Å²) in [5, 5.41) is 5.71. The van der Waals surface area contributed by atoms with E-state index < -0.39 is 0 Å². The number of unbranched alkanes of at least 4 members (excludes halogenated alkanes) is 1. The lowest BCUT2D eigenvalue weighted by atomic mass is 9.99. The Bertz CT molecular complexity index is 910. The summed E-state index contributed by atoms with van der Waals surface area (Å²) < 4.78 is 42.9. The van der Waals surface area contributed by atoms with E-state index in [1.165, 1.54) is 12.8 Å². The molecule has 0 aromatic heterocycles. The average Bonchev–Trinajstić information content (AvgIpc) is 3.19. The molecule has 0 spiro atoms. The van der Waals surface area contributed by atoms with Crippen molar-refractivity contribution < 1.29 is 52.3 Å². The number of hydrazine groups is 1. The summed E-state index contributed by atoms with van der Waals surface area (Å²) in [6.45, 7) is 20.6. The fraction of sp³-hybridized carbons (Fsp3) is 0.872. The predicted molar refractivity (Wildman–Crippen MR) is 223 cm³/mol. The fourth-order valence-corrected chi connectivity index (χ4v) is 4.24. The van der Waals surface area contributed by atoms with Crippen LogP contribution < -0.4 is 39.1 Å². The molecule has 1 rings (SSSR count). The Labute approximate surface area is 343 Å². The SMILES string of the molecule is CC(C)C(C)NC(=O)CCOCCOCCOCCOCCNC(=O)COC1CCCCC/C(N)=C\1NN.CCCC.CCOCCOCCOCCN.NC=O. The second-order valence-electron chi connectivity index (χ2n) is 13.0. The first-order chi connectivity index (χ1) is 27.6.